The van der Waals surface area contributed by atoms with Gasteiger partial charge in [0.15, 0.2) is 0 Å². The van der Waals surface area contributed by atoms with Crippen molar-refractivity contribution in [1.29, 1.82) is 0 Å². The molecule has 11 heavy (non-hydrogen) atoms. The predicted octanol–water partition coefficient (Wildman–Crippen LogP) is 2.32. The fourth-order valence-corrected chi connectivity index (χ4v) is 2.49. The third-order valence-corrected chi connectivity index (χ3v) is 3.36. The zero-order chi connectivity index (χ0) is 8.01. The van der Waals surface area contributed by atoms with Gasteiger partial charge >= 0.3 is 0 Å². The molecule has 0 saturated heterocycles. The fourth-order valence-electron chi connectivity index (χ4n) is 2.49. The quantitative estimate of drug-likeness (QED) is 0.484. The highest BCUT2D eigenvalue weighted by atomic mass is 16.1. The van der Waals surface area contributed by atoms with Gasteiger partial charge in [-0.25, -0.2) is 0 Å². The molecule has 2 atom stereocenters. The summed E-state index contributed by atoms with van der Waals surface area (Å²) in [4.78, 5) is 11.3. The largest absolute Gasteiger partial charge is 0.299 e. The number of carbonyl (C=O) groups excluding carboxylic acids is 1. The van der Waals surface area contributed by atoms with Crippen LogP contribution in [0, 0.1) is 11.8 Å². The summed E-state index contributed by atoms with van der Waals surface area (Å²) in [6, 6.07) is 0. The number of allylic oxidation sites excluding steroid dienone is 2. The van der Waals surface area contributed by atoms with Crippen LogP contribution in [0.2, 0.25) is 0 Å². The Morgan fingerprint density at radius 2 is 2.00 bits per heavy atom. The van der Waals surface area contributed by atoms with Crippen molar-refractivity contribution in [2.45, 2.75) is 33.1 Å². The summed E-state index contributed by atoms with van der Waals surface area (Å²) < 4.78 is 0. The lowest BCUT2D eigenvalue weighted by atomic mass is 9.95. The van der Waals surface area contributed by atoms with E-state index in [1.165, 1.54) is 11.1 Å². The van der Waals surface area contributed by atoms with Crippen LogP contribution in [0.15, 0.2) is 11.1 Å². The van der Waals surface area contributed by atoms with E-state index in [2.05, 4.69) is 13.8 Å². The average molecular weight is 150 g/mol. The Balaban J connectivity index is 2.28. The molecule has 0 heterocycles. The molecule has 0 radical (unpaired) electrons. The van der Waals surface area contributed by atoms with E-state index in [4.69, 9.17) is 0 Å². The minimum atomic E-state index is 0.384. The van der Waals surface area contributed by atoms with Crippen LogP contribution in [0.3, 0.4) is 0 Å². The molecule has 0 aromatic carbocycles. The SMILES string of the molecule is CC1=C(C)C2CCC(=O)C2C1. The minimum Gasteiger partial charge on any atom is -0.299 e. The second kappa shape index (κ2) is 2.20. The molecule has 1 nitrogen and oxygen atoms in total. The summed E-state index contributed by atoms with van der Waals surface area (Å²) >= 11 is 0. The third kappa shape index (κ3) is 0.867. The highest BCUT2D eigenvalue weighted by Crippen LogP contribution is 2.44. The predicted molar refractivity (Wildman–Crippen MR) is 44.2 cm³/mol. The molecule has 2 aliphatic carbocycles. The molecule has 0 bridgehead atoms. The first kappa shape index (κ1) is 7.08. The van der Waals surface area contributed by atoms with E-state index in [1.807, 2.05) is 0 Å². The molecule has 0 amide bonds. The number of Topliss-reactive ketones (excluding diaryl/α,β-unsaturated/α-hetero) is 1. The topological polar surface area (TPSA) is 17.1 Å². The van der Waals surface area contributed by atoms with Gasteiger partial charge < -0.3 is 0 Å². The number of ketones is 1. The highest BCUT2D eigenvalue weighted by molar-refractivity contribution is 5.85. The maximum atomic E-state index is 11.3. The molecule has 0 aliphatic heterocycles. The Labute approximate surface area is 67.5 Å². The Hall–Kier alpha value is -0.590. The van der Waals surface area contributed by atoms with E-state index in [-0.39, 0.29) is 0 Å². The lowest BCUT2D eigenvalue weighted by molar-refractivity contribution is -0.120. The Kier molecular flexibility index (Phi) is 1.41. The second-order valence-corrected chi connectivity index (χ2v) is 3.89. The third-order valence-electron chi connectivity index (χ3n) is 3.36. The fraction of sp³-hybridized carbons (Fsp3) is 0.700. The first-order valence-corrected chi connectivity index (χ1v) is 4.39. The number of hydrogen-bond acceptors (Lipinski definition) is 1. The van der Waals surface area contributed by atoms with Gasteiger partial charge in [0.1, 0.15) is 5.78 Å². The molecule has 60 valence electrons. The minimum absolute atomic E-state index is 0.384. The Morgan fingerprint density at radius 3 is 2.64 bits per heavy atom. The number of rotatable bonds is 0. The van der Waals surface area contributed by atoms with Crippen molar-refractivity contribution in [2.24, 2.45) is 11.8 Å². The van der Waals surface area contributed by atoms with Crippen molar-refractivity contribution in [3.05, 3.63) is 11.1 Å². The first-order chi connectivity index (χ1) is 5.20. The van der Waals surface area contributed by atoms with Gasteiger partial charge in [-0.2, -0.15) is 0 Å². The van der Waals surface area contributed by atoms with Crippen molar-refractivity contribution in [1.82, 2.24) is 0 Å². The average Bonchev–Trinajstić information content (AvgIpc) is 2.43. The summed E-state index contributed by atoms with van der Waals surface area (Å²) in [7, 11) is 0. The van der Waals surface area contributed by atoms with E-state index in [9.17, 15) is 4.79 Å². The monoisotopic (exact) mass is 150 g/mol. The van der Waals surface area contributed by atoms with Gasteiger partial charge in [-0.05, 0) is 32.6 Å². The molecule has 2 rings (SSSR count). The number of carbonyl (C=O) groups is 1. The lowest BCUT2D eigenvalue weighted by Crippen LogP contribution is -2.09. The summed E-state index contributed by atoms with van der Waals surface area (Å²) in [6.07, 6.45) is 3.00. The van der Waals surface area contributed by atoms with Gasteiger partial charge in [0.25, 0.3) is 0 Å². The van der Waals surface area contributed by atoms with Crippen molar-refractivity contribution in [2.75, 3.05) is 0 Å². The molecule has 0 N–H and O–H groups in total. The molecule has 0 aromatic heterocycles. The van der Waals surface area contributed by atoms with Crippen LogP contribution < -0.4 is 0 Å². The molecule has 1 saturated carbocycles. The van der Waals surface area contributed by atoms with Gasteiger partial charge in [0.05, 0.1) is 0 Å². The van der Waals surface area contributed by atoms with Crippen molar-refractivity contribution in [3.63, 3.8) is 0 Å². The van der Waals surface area contributed by atoms with E-state index in [0.29, 0.717) is 17.6 Å². The molecule has 2 aliphatic rings. The smallest absolute Gasteiger partial charge is 0.136 e. The van der Waals surface area contributed by atoms with E-state index in [1.54, 1.807) is 0 Å². The van der Waals surface area contributed by atoms with Gasteiger partial charge in [-0.15, -0.1) is 0 Å². The summed E-state index contributed by atoms with van der Waals surface area (Å²) in [6.45, 7) is 4.36. The van der Waals surface area contributed by atoms with Crippen LogP contribution in [-0.4, -0.2) is 5.78 Å². The molecule has 0 aromatic rings. The van der Waals surface area contributed by atoms with Crippen molar-refractivity contribution in [3.8, 4) is 0 Å². The highest BCUT2D eigenvalue weighted by Gasteiger charge is 2.39. The maximum Gasteiger partial charge on any atom is 0.136 e. The van der Waals surface area contributed by atoms with Crippen LogP contribution >= 0.6 is 0 Å². The molecular formula is C10H14O. The van der Waals surface area contributed by atoms with Gasteiger partial charge in [0.2, 0.25) is 0 Å². The zero-order valence-electron chi connectivity index (χ0n) is 7.18. The van der Waals surface area contributed by atoms with E-state index < -0.39 is 0 Å². The maximum absolute atomic E-state index is 11.3. The van der Waals surface area contributed by atoms with Crippen LogP contribution in [0.1, 0.15) is 33.1 Å². The Bertz CT molecular complexity index is 237. The van der Waals surface area contributed by atoms with E-state index in [0.717, 1.165) is 19.3 Å². The van der Waals surface area contributed by atoms with Gasteiger partial charge in [-0.1, -0.05) is 11.1 Å². The second-order valence-electron chi connectivity index (χ2n) is 3.89. The van der Waals surface area contributed by atoms with Crippen LogP contribution in [0.25, 0.3) is 0 Å². The molecule has 1 heteroatoms. The summed E-state index contributed by atoms with van der Waals surface area (Å²) in [5.74, 6) is 1.52. The number of fused-ring (bicyclic) bond motifs is 1. The molecule has 2 unspecified atom stereocenters. The molecular weight excluding hydrogens is 136 g/mol. The normalized spacial score (nSPS) is 36.7. The van der Waals surface area contributed by atoms with Crippen LogP contribution in [0.4, 0.5) is 0 Å². The zero-order valence-corrected chi connectivity index (χ0v) is 7.18. The standard InChI is InChI=1S/C10H14O/c1-6-5-9-8(7(6)2)3-4-10(9)11/h8-9H,3-5H2,1-2H3. The molecule has 1 fully saturated rings. The van der Waals surface area contributed by atoms with E-state index >= 15 is 0 Å². The number of hydrogen-bond donors (Lipinski definition) is 0. The van der Waals surface area contributed by atoms with Crippen LogP contribution in [-0.2, 0) is 4.79 Å². The summed E-state index contributed by atoms with van der Waals surface area (Å²) in [5.41, 5.74) is 2.97. The van der Waals surface area contributed by atoms with Crippen LogP contribution in [0.5, 0.6) is 0 Å². The summed E-state index contributed by atoms with van der Waals surface area (Å²) in [5, 5.41) is 0. The van der Waals surface area contributed by atoms with Gasteiger partial charge in [0, 0.05) is 12.3 Å². The van der Waals surface area contributed by atoms with Gasteiger partial charge in [-0.3, -0.25) is 4.79 Å². The van der Waals surface area contributed by atoms with Crippen molar-refractivity contribution >= 4 is 5.78 Å². The van der Waals surface area contributed by atoms with Crippen molar-refractivity contribution < 1.29 is 4.79 Å². The molecule has 0 spiro atoms. The first-order valence-electron chi connectivity index (χ1n) is 4.39. The lowest BCUT2D eigenvalue weighted by Gasteiger charge is -2.07. The Morgan fingerprint density at radius 1 is 1.27 bits per heavy atom.